The molecule has 2 amide bonds. The average molecular weight is 357 g/mol. The Labute approximate surface area is 144 Å². The Morgan fingerprint density at radius 1 is 1.28 bits per heavy atom. The number of carbonyl (C=O) groups is 2. The highest BCUT2D eigenvalue weighted by molar-refractivity contribution is 5.96. The van der Waals surface area contributed by atoms with Gasteiger partial charge in [-0.2, -0.15) is 13.2 Å². The number of likely N-dealkylation sites (N-methyl/N-ethyl adjacent to an activating group) is 1. The fourth-order valence-corrected chi connectivity index (χ4v) is 2.65. The van der Waals surface area contributed by atoms with Gasteiger partial charge in [0, 0.05) is 25.8 Å². The van der Waals surface area contributed by atoms with E-state index in [4.69, 9.17) is 0 Å². The van der Waals surface area contributed by atoms with Gasteiger partial charge in [0.05, 0.1) is 5.57 Å². The summed E-state index contributed by atoms with van der Waals surface area (Å²) >= 11 is 0. The lowest BCUT2D eigenvalue weighted by Gasteiger charge is -2.28. The highest BCUT2D eigenvalue weighted by Crippen LogP contribution is 2.36. The Morgan fingerprint density at radius 2 is 1.88 bits per heavy atom. The summed E-state index contributed by atoms with van der Waals surface area (Å²) in [5.74, 6) is -0.854. The molecule has 2 rings (SSSR count). The summed E-state index contributed by atoms with van der Waals surface area (Å²) in [6.45, 7) is 3.84. The van der Waals surface area contributed by atoms with Crippen LogP contribution < -0.4 is 10.6 Å². The number of halogens is 3. The molecule has 0 bridgehead atoms. The maximum Gasteiger partial charge on any atom is 0.408 e. The number of benzene rings is 1. The van der Waals surface area contributed by atoms with Crippen molar-refractivity contribution < 1.29 is 22.8 Å². The predicted octanol–water partition coefficient (Wildman–Crippen LogP) is 2.21. The van der Waals surface area contributed by atoms with Crippen molar-refractivity contribution in [1.82, 2.24) is 15.5 Å². The van der Waals surface area contributed by atoms with Crippen LogP contribution >= 0.6 is 0 Å². The molecule has 138 valence electrons. The average Bonchev–Trinajstić information content (AvgIpc) is 2.95. The molecule has 8 heteroatoms. The van der Waals surface area contributed by atoms with E-state index in [0.717, 1.165) is 4.90 Å². The van der Waals surface area contributed by atoms with Gasteiger partial charge in [-0.25, -0.2) is 0 Å². The van der Waals surface area contributed by atoms with Gasteiger partial charge in [-0.3, -0.25) is 14.5 Å². The van der Waals surface area contributed by atoms with Gasteiger partial charge in [-0.05, 0) is 5.56 Å². The summed E-state index contributed by atoms with van der Waals surface area (Å²) < 4.78 is 40.5. The Kier molecular flexibility index (Phi) is 7.63. The minimum Gasteiger partial charge on any atom is -0.355 e. The number of hydrogen-bond donors (Lipinski definition) is 2. The largest absolute Gasteiger partial charge is 0.408 e. The topological polar surface area (TPSA) is 61.4 Å². The van der Waals surface area contributed by atoms with Crippen molar-refractivity contribution >= 4 is 12.3 Å². The second kappa shape index (κ2) is 9.22. The first kappa shape index (κ1) is 20.7. The van der Waals surface area contributed by atoms with Crippen molar-refractivity contribution in [3.05, 3.63) is 47.2 Å². The fraction of sp³-hybridized carbons (Fsp3) is 0.412. The van der Waals surface area contributed by atoms with Gasteiger partial charge in [-0.1, -0.05) is 44.2 Å². The van der Waals surface area contributed by atoms with Crippen LogP contribution in [0.3, 0.4) is 0 Å². The first-order valence-electron chi connectivity index (χ1n) is 7.88. The summed E-state index contributed by atoms with van der Waals surface area (Å²) in [6, 6.07) is 6.57. The molecule has 1 aliphatic heterocycles. The van der Waals surface area contributed by atoms with E-state index in [9.17, 15) is 22.8 Å². The molecule has 1 aromatic rings. The number of nitrogens with one attached hydrogen (secondary N) is 2. The van der Waals surface area contributed by atoms with Gasteiger partial charge in [-0.15, -0.1) is 0 Å². The summed E-state index contributed by atoms with van der Waals surface area (Å²) in [7, 11) is 1.25. The third-order valence-electron chi connectivity index (χ3n) is 3.57. The molecular weight excluding hydrogens is 335 g/mol. The first-order chi connectivity index (χ1) is 11.9. The Morgan fingerprint density at radius 3 is 2.36 bits per heavy atom. The highest BCUT2D eigenvalue weighted by Gasteiger charge is 2.52. The van der Waals surface area contributed by atoms with Gasteiger partial charge in [0.15, 0.2) is 0 Å². The van der Waals surface area contributed by atoms with Gasteiger partial charge in [0.1, 0.15) is 6.04 Å². The minimum atomic E-state index is -4.64. The van der Waals surface area contributed by atoms with E-state index in [1.165, 1.54) is 7.05 Å². The zero-order valence-corrected chi connectivity index (χ0v) is 14.4. The van der Waals surface area contributed by atoms with E-state index in [2.05, 4.69) is 10.6 Å². The molecule has 2 N–H and O–H groups in total. The van der Waals surface area contributed by atoms with Gasteiger partial charge in [0.2, 0.25) is 6.41 Å². The molecule has 1 aliphatic rings. The molecule has 1 aromatic carbocycles. The van der Waals surface area contributed by atoms with E-state index in [1.54, 1.807) is 30.3 Å². The normalized spacial score (nSPS) is 17.6. The van der Waals surface area contributed by atoms with E-state index in [1.807, 2.05) is 13.8 Å². The lowest BCUT2D eigenvalue weighted by atomic mass is 10.1. The molecule has 0 radical (unpaired) electrons. The van der Waals surface area contributed by atoms with Crippen LogP contribution in [-0.4, -0.2) is 43.0 Å². The van der Waals surface area contributed by atoms with E-state index < -0.39 is 23.7 Å². The monoisotopic (exact) mass is 357 g/mol. The molecule has 0 spiro atoms. The van der Waals surface area contributed by atoms with Crippen LogP contribution in [0.25, 0.3) is 0 Å². The molecule has 0 aromatic heterocycles. The summed E-state index contributed by atoms with van der Waals surface area (Å²) in [6.07, 6.45) is -4.36. The van der Waals surface area contributed by atoms with Crippen LogP contribution in [-0.2, 0) is 16.1 Å². The van der Waals surface area contributed by atoms with Crippen molar-refractivity contribution in [2.45, 2.75) is 32.6 Å². The number of hydrogen-bond acceptors (Lipinski definition) is 3. The number of amides is 2. The quantitative estimate of drug-likeness (QED) is 0.795. The molecule has 25 heavy (non-hydrogen) atoms. The van der Waals surface area contributed by atoms with Crippen molar-refractivity contribution in [2.24, 2.45) is 0 Å². The zero-order chi connectivity index (χ0) is 19.0. The molecule has 0 saturated heterocycles. The van der Waals surface area contributed by atoms with Crippen molar-refractivity contribution in [3.63, 3.8) is 0 Å². The Hall–Kier alpha value is -2.35. The van der Waals surface area contributed by atoms with Crippen LogP contribution in [0.1, 0.15) is 19.4 Å². The minimum absolute atomic E-state index is 0.00947. The Balaban J connectivity index is 0.00000151. The van der Waals surface area contributed by atoms with Crippen LogP contribution in [0, 0.1) is 0 Å². The third kappa shape index (κ3) is 5.06. The van der Waals surface area contributed by atoms with E-state index in [0.29, 0.717) is 5.56 Å². The number of nitrogens with zero attached hydrogens (tertiary/aromatic N) is 1. The predicted molar refractivity (Wildman–Crippen MR) is 88.3 cm³/mol. The van der Waals surface area contributed by atoms with Crippen molar-refractivity contribution in [2.75, 3.05) is 13.6 Å². The number of rotatable bonds is 5. The standard InChI is InChI=1S/C15H16F3N3O2.C2H6/c1-19-14(23)12-11(20-9-22)8-21(13(12)15(16,17)18)7-10-5-3-2-4-6-10;1-2/h2-6,9,13H,7-8H2,1H3,(H,19,23)(H,20,22);1-2H3. The van der Waals surface area contributed by atoms with E-state index >= 15 is 0 Å². The SMILES string of the molecule is CC.CNC(=O)C1=C(NC=O)CN(Cc2ccccc2)C1C(F)(F)F. The molecule has 1 heterocycles. The van der Waals surface area contributed by atoms with Crippen LogP contribution in [0.15, 0.2) is 41.6 Å². The molecule has 0 saturated carbocycles. The fourth-order valence-electron chi connectivity index (χ4n) is 2.65. The molecular formula is C17H22F3N3O2. The summed E-state index contributed by atoms with van der Waals surface area (Å²) in [4.78, 5) is 23.7. The lowest BCUT2D eigenvalue weighted by Crippen LogP contribution is -2.45. The second-order valence-electron chi connectivity index (χ2n) is 5.07. The van der Waals surface area contributed by atoms with Crippen LogP contribution in [0.2, 0.25) is 0 Å². The zero-order valence-electron chi connectivity index (χ0n) is 14.4. The second-order valence-corrected chi connectivity index (χ2v) is 5.07. The third-order valence-corrected chi connectivity index (χ3v) is 3.57. The maximum atomic E-state index is 13.5. The summed E-state index contributed by atoms with van der Waals surface area (Å²) in [5.41, 5.74) is 0.186. The highest BCUT2D eigenvalue weighted by atomic mass is 19.4. The smallest absolute Gasteiger partial charge is 0.355 e. The molecule has 1 atom stereocenters. The lowest BCUT2D eigenvalue weighted by molar-refractivity contribution is -0.172. The van der Waals surface area contributed by atoms with Crippen LogP contribution in [0.5, 0.6) is 0 Å². The molecule has 5 nitrogen and oxygen atoms in total. The van der Waals surface area contributed by atoms with Gasteiger partial charge < -0.3 is 10.6 Å². The van der Waals surface area contributed by atoms with Gasteiger partial charge in [0.25, 0.3) is 5.91 Å². The Bertz CT molecular complexity index is 615. The van der Waals surface area contributed by atoms with Crippen molar-refractivity contribution in [3.8, 4) is 0 Å². The van der Waals surface area contributed by atoms with E-state index in [-0.39, 0.29) is 25.2 Å². The maximum absolute atomic E-state index is 13.5. The molecule has 1 unspecified atom stereocenters. The number of carbonyl (C=O) groups excluding carboxylic acids is 2. The molecule has 0 fully saturated rings. The summed E-state index contributed by atoms with van der Waals surface area (Å²) in [5, 5.41) is 4.43. The van der Waals surface area contributed by atoms with Gasteiger partial charge >= 0.3 is 6.18 Å². The number of alkyl halides is 3. The van der Waals surface area contributed by atoms with Crippen LogP contribution in [0.4, 0.5) is 13.2 Å². The molecule has 0 aliphatic carbocycles. The van der Waals surface area contributed by atoms with Crippen molar-refractivity contribution in [1.29, 1.82) is 0 Å². The first-order valence-corrected chi connectivity index (χ1v) is 7.88.